The van der Waals surface area contributed by atoms with Crippen LogP contribution >= 0.6 is 0 Å². The van der Waals surface area contributed by atoms with Gasteiger partial charge in [-0.1, -0.05) is 50.6 Å². The maximum absolute atomic E-state index is 12.6. The molecule has 1 aromatic rings. The van der Waals surface area contributed by atoms with Crippen LogP contribution in [0.4, 0.5) is 0 Å². The number of piperidine rings is 1. The minimum Gasteiger partial charge on any atom is -0.342 e. The average Bonchev–Trinajstić information content (AvgIpc) is 2.46. The molecule has 1 saturated heterocycles. The predicted molar refractivity (Wildman–Crippen MR) is 81.6 cm³/mol. The fraction of sp³-hybridized carbons (Fsp3) is 0.611. The van der Waals surface area contributed by atoms with Crippen LogP contribution in [0.25, 0.3) is 0 Å². The zero-order valence-corrected chi connectivity index (χ0v) is 12.7. The van der Waals surface area contributed by atoms with Crippen LogP contribution in [0.3, 0.4) is 0 Å². The number of carbonyl (C=O) groups is 1. The molecule has 0 radical (unpaired) electrons. The highest BCUT2D eigenvalue weighted by Gasteiger charge is 2.43. The van der Waals surface area contributed by atoms with E-state index in [2.05, 4.69) is 49.1 Å². The summed E-state index contributed by atoms with van der Waals surface area (Å²) in [5.41, 5.74) is 1.61. The van der Waals surface area contributed by atoms with Crippen molar-refractivity contribution < 1.29 is 4.79 Å². The summed E-state index contributed by atoms with van der Waals surface area (Å²) in [4.78, 5) is 14.7. The first-order chi connectivity index (χ1) is 9.54. The van der Waals surface area contributed by atoms with Crippen LogP contribution in [-0.2, 0) is 10.2 Å². The molecule has 0 atom stereocenters. The second-order valence-corrected chi connectivity index (χ2v) is 7.13. The Morgan fingerprint density at radius 3 is 2.10 bits per heavy atom. The molecule has 3 rings (SSSR count). The number of carbonyl (C=O) groups excluding carboxylic acids is 1. The molecule has 108 valence electrons. The maximum Gasteiger partial charge on any atom is 0.228 e. The van der Waals surface area contributed by atoms with Gasteiger partial charge >= 0.3 is 0 Å². The molecule has 0 aromatic heterocycles. The van der Waals surface area contributed by atoms with Gasteiger partial charge in [-0.2, -0.15) is 0 Å². The summed E-state index contributed by atoms with van der Waals surface area (Å²) in [6.07, 6.45) is 5.55. The zero-order chi connectivity index (χ0) is 14.2. The summed E-state index contributed by atoms with van der Waals surface area (Å²) in [6, 6.07) is 10.8. The number of benzene rings is 1. The smallest absolute Gasteiger partial charge is 0.228 e. The van der Waals surface area contributed by atoms with Crippen LogP contribution in [0.2, 0.25) is 0 Å². The third-order valence-corrected chi connectivity index (χ3v) is 5.60. The Morgan fingerprint density at radius 2 is 1.60 bits per heavy atom. The van der Waals surface area contributed by atoms with Crippen molar-refractivity contribution in [1.82, 2.24) is 4.90 Å². The van der Waals surface area contributed by atoms with E-state index in [4.69, 9.17) is 0 Å². The van der Waals surface area contributed by atoms with Gasteiger partial charge in [0.05, 0.1) is 0 Å². The monoisotopic (exact) mass is 271 g/mol. The molecule has 1 aromatic carbocycles. The molecule has 2 heteroatoms. The minimum atomic E-state index is -0.0412. The number of amides is 1. The third kappa shape index (κ3) is 2.25. The van der Waals surface area contributed by atoms with Gasteiger partial charge < -0.3 is 4.90 Å². The maximum atomic E-state index is 12.6. The van der Waals surface area contributed by atoms with Gasteiger partial charge in [-0.15, -0.1) is 0 Å². The highest BCUT2D eigenvalue weighted by molar-refractivity contribution is 5.83. The van der Waals surface area contributed by atoms with Crippen molar-refractivity contribution in [3.05, 3.63) is 35.9 Å². The van der Waals surface area contributed by atoms with Crippen LogP contribution in [0, 0.1) is 5.41 Å². The van der Waals surface area contributed by atoms with Gasteiger partial charge in [0, 0.05) is 18.5 Å². The average molecular weight is 271 g/mol. The Kier molecular flexibility index (Phi) is 3.35. The first kappa shape index (κ1) is 13.7. The number of nitrogens with zero attached hydrogens (tertiary/aromatic N) is 1. The SMILES string of the molecule is CC1(C(=O)N2CCC(C)(c3ccccc3)CC2)CCC1. The summed E-state index contributed by atoms with van der Waals surface area (Å²) >= 11 is 0. The molecule has 1 heterocycles. The van der Waals surface area contributed by atoms with Crippen molar-refractivity contribution in [1.29, 1.82) is 0 Å². The molecule has 2 nitrogen and oxygen atoms in total. The second kappa shape index (κ2) is 4.91. The van der Waals surface area contributed by atoms with E-state index < -0.39 is 0 Å². The molecule has 0 unspecified atom stereocenters. The number of likely N-dealkylation sites (tertiary alicyclic amines) is 1. The molecular formula is C18H25NO. The first-order valence-electron chi connectivity index (χ1n) is 7.89. The largest absolute Gasteiger partial charge is 0.342 e. The Labute approximate surface area is 122 Å². The van der Waals surface area contributed by atoms with Crippen molar-refractivity contribution in [2.24, 2.45) is 5.41 Å². The van der Waals surface area contributed by atoms with Crippen LogP contribution in [-0.4, -0.2) is 23.9 Å². The quantitative estimate of drug-likeness (QED) is 0.802. The fourth-order valence-electron chi connectivity index (χ4n) is 3.64. The number of hydrogen-bond acceptors (Lipinski definition) is 1. The minimum absolute atomic E-state index is 0.0412. The predicted octanol–water partition coefficient (Wildman–Crippen LogP) is 3.76. The summed E-state index contributed by atoms with van der Waals surface area (Å²) in [5.74, 6) is 0.402. The molecule has 0 spiro atoms. The van der Waals surface area contributed by atoms with E-state index in [9.17, 15) is 4.79 Å². The highest BCUT2D eigenvalue weighted by Crippen LogP contribution is 2.43. The van der Waals surface area contributed by atoms with E-state index in [-0.39, 0.29) is 10.8 Å². The lowest BCUT2D eigenvalue weighted by atomic mass is 9.68. The summed E-state index contributed by atoms with van der Waals surface area (Å²) < 4.78 is 0. The van der Waals surface area contributed by atoms with Gasteiger partial charge in [0.25, 0.3) is 0 Å². The molecule has 1 aliphatic carbocycles. The van der Waals surface area contributed by atoms with Crippen LogP contribution < -0.4 is 0 Å². The normalized spacial score (nSPS) is 24.0. The topological polar surface area (TPSA) is 20.3 Å². The van der Waals surface area contributed by atoms with E-state index in [1.165, 1.54) is 12.0 Å². The molecule has 0 bridgehead atoms. The highest BCUT2D eigenvalue weighted by atomic mass is 16.2. The van der Waals surface area contributed by atoms with Crippen molar-refractivity contribution in [3.8, 4) is 0 Å². The van der Waals surface area contributed by atoms with Crippen molar-refractivity contribution in [2.45, 2.75) is 51.4 Å². The van der Waals surface area contributed by atoms with Gasteiger partial charge in [-0.3, -0.25) is 4.79 Å². The standard InChI is InChI=1S/C18H25NO/c1-17(15-7-4-3-5-8-15)11-13-19(14-12-17)16(20)18(2)9-6-10-18/h3-5,7-8H,6,9-14H2,1-2H3. The number of rotatable bonds is 2. The van der Waals surface area contributed by atoms with Crippen molar-refractivity contribution in [3.63, 3.8) is 0 Å². The Hall–Kier alpha value is -1.31. The number of hydrogen-bond donors (Lipinski definition) is 0. The van der Waals surface area contributed by atoms with E-state index in [0.29, 0.717) is 5.91 Å². The molecule has 0 N–H and O–H groups in total. The fourth-order valence-corrected chi connectivity index (χ4v) is 3.64. The van der Waals surface area contributed by atoms with E-state index in [0.717, 1.165) is 38.8 Å². The van der Waals surface area contributed by atoms with Crippen LogP contribution in [0.1, 0.15) is 51.5 Å². The van der Waals surface area contributed by atoms with Crippen molar-refractivity contribution >= 4 is 5.91 Å². The lowest BCUT2D eigenvalue weighted by molar-refractivity contribution is -0.147. The second-order valence-electron chi connectivity index (χ2n) is 7.13. The van der Waals surface area contributed by atoms with Crippen LogP contribution in [0.5, 0.6) is 0 Å². The molecule has 2 aliphatic rings. The summed E-state index contributed by atoms with van der Waals surface area (Å²) in [7, 11) is 0. The summed E-state index contributed by atoms with van der Waals surface area (Å²) in [6.45, 7) is 6.32. The first-order valence-corrected chi connectivity index (χ1v) is 7.89. The van der Waals surface area contributed by atoms with Gasteiger partial charge in [-0.25, -0.2) is 0 Å². The van der Waals surface area contributed by atoms with Gasteiger partial charge in [0.1, 0.15) is 0 Å². The zero-order valence-electron chi connectivity index (χ0n) is 12.7. The molecule has 20 heavy (non-hydrogen) atoms. The Morgan fingerprint density at radius 1 is 1.00 bits per heavy atom. The van der Waals surface area contributed by atoms with Gasteiger partial charge in [0.15, 0.2) is 0 Å². The third-order valence-electron chi connectivity index (χ3n) is 5.60. The van der Waals surface area contributed by atoms with Gasteiger partial charge in [0.2, 0.25) is 5.91 Å². The van der Waals surface area contributed by atoms with E-state index in [1.807, 2.05) is 0 Å². The van der Waals surface area contributed by atoms with E-state index in [1.54, 1.807) is 0 Å². The van der Waals surface area contributed by atoms with Gasteiger partial charge in [-0.05, 0) is 36.7 Å². The lowest BCUT2D eigenvalue weighted by Crippen LogP contribution is -2.51. The molecule has 1 saturated carbocycles. The molecular weight excluding hydrogens is 246 g/mol. The van der Waals surface area contributed by atoms with Crippen molar-refractivity contribution in [2.75, 3.05) is 13.1 Å². The Bertz CT molecular complexity index is 481. The van der Waals surface area contributed by atoms with E-state index >= 15 is 0 Å². The lowest BCUT2D eigenvalue weighted by Gasteiger charge is -2.45. The molecule has 1 aliphatic heterocycles. The summed E-state index contributed by atoms with van der Waals surface area (Å²) in [5, 5.41) is 0. The van der Waals surface area contributed by atoms with Crippen LogP contribution in [0.15, 0.2) is 30.3 Å². The Balaban J connectivity index is 1.66. The molecule has 1 amide bonds. The molecule has 2 fully saturated rings.